The first kappa shape index (κ1) is 12.7. The van der Waals surface area contributed by atoms with Crippen LogP contribution < -0.4 is 0 Å². The molecule has 19 heavy (non-hydrogen) atoms. The van der Waals surface area contributed by atoms with Crippen molar-refractivity contribution in [2.75, 3.05) is 0 Å². The molecule has 0 atom stereocenters. The van der Waals surface area contributed by atoms with E-state index in [-0.39, 0.29) is 11.3 Å². The highest BCUT2D eigenvalue weighted by Crippen LogP contribution is 2.26. The summed E-state index contributed by atoms with van der Waals surface area (Å²) in [5.74, 6) is -1.20. The predicted molar refractivity (Wildman–Crippen MR) is 67.0 cm³/mol. The molecule has 2 rings (SSSR count). The Bertz CT molecular complexity index is 616. The van der Waals surface area contributed by atoms with Crippen LogP contribution in [0.3, 0.4) is 0 Å². The topological polar surface area (TPSA) is 98.3 Å². The van der Waals surface area contributed by atoms with Crippen LogP contribution >= 0.6 is 0 Å². The molecule has 0 amide bonds. The number of carboxylic acids is 1. The van der Waals surface area contributed by atoms with Crippen LogP contribution in [0.25, 0.3) is 11.3 Å². The summed E-state index contributed by atoms with van der Waals surface area (Å²) in [6, 6.07) is 5.47. The molecule has 0 spiro atoms. The normalized spacial score (nSPS) is 10.4. The number of nitro benzene ring substituents is 1. The molecule has 0 aliphatic heterocycles. The third-order valence-corrected chi connectivity index (χ3v) is 2.69. The summed E-state index contributed by atoms with van der Waals surface area (Å²) in [5, 5.41) is 23.9. The second-order valence-electron chi connectivity index (χ2n) is 3.86. The minimum atomic E-state index is -1.20. The standard InChI is InChI=1S/C12H11N3O4/c1-2-14-11(3-4-13-14)8-5-9(12(16)17)7-10(6-8)15(18)19/h3-7H,2H2,1H3,(H,16,17). The van der Waals surface area contributed by atoms with E-state index < -0.39 is 10.9 Å². The third kappa shape index (κ3) is 2.44. The van der Waals surface area contributed by atoms with Crippen molar-refractivity contribution in [2.24, 2.45) is 0 Å². The molecule has 7 heteroatoms. The van der Waals surface area contributed by atoms with Crippen LogP contribution in [0.4, 0.5) is 5.69 Å². The maximum absolute atomic E-state index is 11.0. The molecule has 0 unspecified atom stereocenters. The lowest BCUT2D eigenvalue weighted by Gasteiger charge is -2.06. The van der Waals surface area contributed by atoms with Gasteiger partial charge in [-0.3, -0.25) is 14.8 Å². The number of nitro groups is 1. The molecular weight excluding hydrogens is 250 g/mol. The molecule has 0 fully saturated rings. The van der Waals surface area contributed by atoms with Gasteiger partial charge in [0, 0.05) is 30.4 Å². The van der Waals surface area contributed by atoms with Gasteiger partial charge in [-0.15, -0.1) is 0 Å². The van der Waals surface area contributed by atoms with E-state index in [0.717, 1.165) is 6.07 Å². The Morgan fingerprint density at radius 3 is 2.79 bits per heavy atom. The van der Waals surface area contributed by atoms with Gasteiger partial charge in [-0.1, -0.05) is 0 Å². The minimum absolute atomic E-state index is 0.118. The van der Waals surface area contributed by atoms with Gasteiger partial charge in [0.1, 0.15) is 0 Å². The number of hydrogen-bond donors (Lipinski definition) is 1. The minimum Gasteiger partial charge on any atom is -0.478 e. The molecule has 0 bridgehead atoms. The molecule has 98 valence electrons. The van der Waals surface area contributed by atoms with Gasteiger partial charge >= 0.3 is 5.97 Å². The van der Waals surface area contributed by atoms with E-state index in [0.29, 0.717) is 17.8 Å². The number of benzene rings is 1. The number of rotatable bonds is 4. The number of aryl methyl sites for hydroxylation is 1. The summed E-state index contributed by atoms with van der Waals surface area (Å²) >= 11 is 0. The van der Waals surface area contributed by atoms with Crippen LogP contribution in [-0.2, 0) is 6.54 Å². The average Bonchev–Trinajstić information content (AvgIpc) is 2.86. The first-order valence-electron chi connectivity index (χ1n) is 5.58. The molecule has 0 aliphatic carbocycles. The Morgan fingerprint density at radius 1 is 1.47 bits per heavy atom. The van der Waals surface area contributed by atoms with Crippen molar-refractivity contribution >= 4 is 11.7 Å². The Balaban J connectivity index is 2.63. The highest BCUT2D eigenvalue weighted by atomic mass is 16.6. The number of aromatic nitrogens is 2. The lowest BCUT2D eigenvalue weighted by Crippen LogP contribution is -2.02. The second-order valence-corrected chi connectivity index (χ2v) is 3.86. The number of carbonyl (C=O) groups is 1. The van der Waals surface area contributed by atoms with Gasteiger partial charge in [0.15, 0.2) is 0 Å². The molecule has 1 aromatic carbocycles. The molecule has 0 aliphatic rings. The van der Waals surface area contributed by atoms with Gasteiger partial charge in [0.2, 0.25) is 0 Å². The molecule has 7 nitrogen and oxygen atoms in total. The molecule has 1 N–H and O–H groups in total. The lowest BCUT2D eigenvalue weighted by molar-refractivity contribution is -0.384. The smallest absolute Gasteiger partial charge is 0.335 e. The van der Waals surface area contributed by atoms with Crippen molar-refractivity contribution in [1.29, 1.82) is 0 Å². The molecular formula is C12H11N3O4. The Morgan fingerprint density at radius 2 is 2.21 bits per heavy atom. The maximum atomic E-state index is 11.0. The summed E-state index contributed by atoms with van der Waals surface area (Å²) in [7, 11) is 0. The van der Waals surface area contributed by atoms with Gasteiger partial charge in [-0.2, -0.15) is 5.10 Å². The number of hydrogen-bond acceptors (Lipinski definition) is 4. The zero-order valence-corrected chi connectivity index (χ0v) is 10.1. The van der Waals surface area contributed by atoms with Crippen molar-refractivity contribution in [1.82, 2.24) is 9.78 Å². The second kappa shape index (κ2) is 4.89. The first-order valence-corrected chi connectivity index (χ1v) is 5.58. The van der Waals surface area contributed by atoms with Gasteiger partial charge < -0.3 is 5.11 Å². The van der Waals surface area contributed by atoms with Crippen LogP contribution in [0, 0.1) is 10.1 Å². The highest BCUT2D eigenvalue weighted by Gasteiger charge is 2.16. The van der Waals surface area contributed by atoms with E-state index >= 15 is 0 Å². The van der Waals surface area contributed by atoms with Gasteiger partial charge in [-0.05, 0) is 19.1 Å². The first-order chi connectivity index (χ1) is 9.02. The Kier molecular flexibility index (Phi) is 3.28. The lowest BCUT2D eigenvalue weighted by atomic mass is 10.1. The van der Waals surface area contributed by atoms with Crippen molar-refractivity contribution in [3.05, 3.63) is 46.1 Å². The molecule has 1 aromatic heterocycles. The van der Waals surface area contributed by atoms with Crippen molar-refractivity contribution < 1.29 is 14.8 Å². The van der Waals surface area contributed by atoms with E-state index in [1.807, 2.05) is 6.92 Å². The van der Waals surface area contributed by atoms with Crippen LogP contribution in [0.15, 0.2) is 30.5 Å². The largest absolute Gasteiger partial charge is 0.478 e. The van der Waals surface area contributed by atoms with Gasteiger partial charge in [0.05, 0.1) is 16.2 Å². The van der Waals surface area contributed by atoms with Crippen LogP contribution in [0.1, 0.15) is 17.3 Å². The molecule has 2 aromatic rings. The monoisotopic (exact) mass is 261 g/mol. The van der Waals surface area contributed by atoms with Gasteiger partial charge in [-0.25, -0.2) is 4.79 Å². The fraction of sp³-hybridized carbons (Fsp3) is 0.167. The summed E-state index contributed by atoms with van der Waals surface area (Å²) in [5.41, 5.74) is 0.742. The predicted octanol–water partition coefficient (Wildman–Crippen LogP) is 2.18. The SMILES string of the molecule is CCn1nccc1-c1cc(C(=O)O)cc([N+](=O)[O-])c1. The fourth-order valence-corrected chi connectivity index (χ4v) is 1.82. The zero-order valence-electron chi connectivity index (χ0n) is 10.1. The van der Waals surface area contributed by atoms with E-state index in [1.165, 1.54) is 12.1 Å². The van der Waals surface area contributed by atoms with E-state index in [9.17, 15) is 14.9 Å². The van der Waals surface area contributed by atoms with Crippen LogP contribution in [0.5, 0.6) is 0 Å². The third-order valence-electron chi connectivity index (χ3n) is 2.69. The highest BCUT2D eigenvalue weighted by molar-refractivity contribution is 5.90. The van der Waals surface area contributed by atoms with E-state index in [4.69, 9.17) is 5.11 Å². The summed E-state index contributed by atoms with van der Waals surface area (Å²) in [6.07, 6.45) is 1.57. The van der Waals surface area contributed by atoms with Crippen molar-refractivity contribution in [2.45, 2.75) is 13.5 Å². The van der Waals surface area contributed by atoms with Crippen LogP contribution in [0.2, 0.25) is 0 Å². The molecule has 1 heterocycles. The number of carboxylic acid groups (broad SMARTS) is 1. The summed E-state index contributed by atoms with van der Waals surface area (Å²) < 4.78 is 1.64. The fourth-order valence-electron chi connectivity index (χ4n) is 1.82. The van der Waals surface area contributed by atoms with E-state index in [2.05, 4.69) is 5.10 Å². The van der Waals surface area contributed by atoms with E-state index in [1.54, 1.807) is 16.9 Å². The van der Waals surface area contributed by atoms with Crippen LogP contribution in [-0.4, -0.2) is 25.8 Å². The van der Waals surface area contributed by atoms with Gasteiger partial charge in [0.25, 0.3) is 5.69 Å². The zero-order chi connectivity index (χ0) is 14.0. The average molecular weight is 261 g/mol. The molecule has 0 radical (unpaired) electrons. The van der Waals surface area contributed by atoms with Crippen molar-refractivity contribution in [3.8, 4) is 11.3 Å². The Hall–Kier alpha value is -2.70. The number of aromatic carboxylic acids is 1. The Labute approximate surface area is 108 Å². The maximum Gasteiger partial charge on any atom is 0.335 e. The molecule has 0 saturated heterocycles. The summed E-state index contributed by atoms with van der Waals surface area (Å²) in [6.45, 7) is 2.47. The number of nitrogens with zero attached hydrogens (tertiary/aromatic N) is 3. The molecule has 0 saturated carbocycles. The quantitative estimate of drug-likeness (QED) is 0.671. The number of non-ortho nitro benzene ring substituents is 1. The summed E-state index contributed by atoms with van der Waals surface area (Å²) in [4.78, 5) is 21.2. The van der Waals surface area contributed by atoms with Crippen molar-refractivity contribution in [3.63, 3.8) is 0 Å².